The van der Waals surface area contributed by atoms with Crippen molar-refractivity contribution in [3.8, 4) is 5.75 Å². The number of nitrogens with zero attached hydrogens (tertiary/aromatic N) is 3. The number of anilines is 2. The van der Waals surface area contributed by atoms with E-state index >= 15 is 0 Å². The standard InChI is InChI=1S/C26H23N3O3/c1-31-20-14-12-18(13-15-20)28-24-22-21(16-32-25(24)26(28)30)27-29(19-10-6-3-7-11-19)23(22)17-8-4-2-5-9-17/h2-15,22-25H,16H2,1H3/t22-,23+,24-,25+/m0/s1. The molecule has 0 unspecified atom stereocenters. The summed E-state index contributed by atoms with van der Waals surface area (Å²) in [7, 11) is 1.64. The fourth-order valence-electron chi connectivity index (χ4n) is 5.13. The second-order valence-corrected chi connectivity index (χ2v) is 8.28. The lowest BCUT2D eigenvalue weighted by Crippen LogP contribution is -2.72. The minimum atomic E-state index is -0.442. The van der Waals surface area contributed by atoms with E-state index < -0.39 is 6.10 Å². The number of β-lactam (4-membered cyclic amide) rings is 1. The van der Waals surface area contributed by atoms with E-state index in [-0.39, 0.29) is 23.9 Å². The van der Waals surface area contributed by atoms with Gasteiger partial charge in [0.15, 0.2) is 6.10 Å². The lowest BCUT2D eigenvalue weighted by Gasteiger charge is -2.53. The van der Waals surface area contributed by atoms with E-state index in [9.17, 15) is 4.79 Å². The zero-order valence-electron chi connectivity index (χ0n) is 17.7. The predicted molar refractivity (Wildman–Crippen MR) is 123 cm³/mol. The molecule has 3 aromatic carbocycles. The van der Waals surface area contributed by atoms with Gasteiger partial charge in [-0.2, -0.15) is 5.10 Å². The third-order valence-corrected chi connectivity index (χ3v) is 6.60. The van der Waals surface area contributed by atoms with Crippen molar-refractivity contribution < 1.29 is 14.3 Å². The van der Waals surface area contributed by atoms with Gasteiger partial charge in [-0.25, -0.2) is 0 Å². The summed E-state index contributed by atoms with van der Waals surface area (Å²) in [5.74, 6) is 0.805. The van der Waals surface area contributed by atoms with E-state index in [1.54, 1.807) is 7.11 Å². The van der Waals surface area contributed by atoms with E-state index in [1.807, 2.05) is 53.4 Å². The highest BCUT2D eigenvalue weighted by molar-refractivity contribution is 6.09. The fraction of sp³-hybridized carbons (Fsp3) is 0.231. The molecule has 1 amide bonds. The monoisotopic (exact) mass is 425 g/mol. The second-order valence-electron chi connectivity index (χ2n) is 8.28. The van der Waals surface area contributed by atoms with Crippen LogP contribution >= 0.6 is 0 Å². The quantitative estimate of drug-likeness (QED) is 0.592. The van der Waals surface area contributed by atoms with Crippen molar-refractivity contribution in [1.82, 2.24) is 0 Å². The maximum atomic E-state index is 13.1. The number of rotatable bonds is 4. The van der Waals surface area contributed by atoms with E-state index in [1.165, 1.54) is 5.56 Å². The molecule has 6 rings (SSSR count). The summed E-state index contributed by atoms with van der Waals surface area (Å²) in [5.41, 5.74) is 4.04. The Labute approximate surface area is 186 Å². The van der Waals surface area contributed by atoms with Gasteiger partial charge in [0.25, 0.3) is 5.91 Å². The van der Waals surface area contributed by atoms with Crippen LogP contribution in [0.25, 0.3) is 0 Å². The number of para-hydroxylation sites is 1. The molecule has 0 spiro atoms. The zero-order chi connectivity index (χ0) is 21.7. The van der Waals surface area contributed by atoms with E-state index in [0.29, 0.717) is 6.61 Å². The van der Waals surface area contributed by atoms with Crippen LogP contribution in [0.2, 0.25) is 0 Å². The Morgan fingerprint density at radius 2 is 1.59 bits per heavy atom. The van der Waals surface area contributed by atoms with Crippen molar-refractivity contribution in [1.29, 1.82) is 0 Å². The Bertz CT molecular complexity index is 1160. The number of carbonyl (C=O) groups excluding carboxylic acids is 1. The number of hydrogen-bond acceptors (Lipinski definition) is 5. The lowest BCUT2D eigenvalue weighted by atomic mass is 9.75. The van der Waals surface area contributed by atoms with Crippen molar-refractivity contribution >= 4 is 23.0 Å². The minimum absolute atomic E-state index is 0.00388. The Morgan fingerprint density at radius 1 is 0.906 bits per heavy atom. The van der Waals surface area contributed by atoms with Gasteiger partial charge in [0, 0.05) is 5.69 Å². The lowest BCUT2D eigenvalue weighted by molar-refractivity contribution is -0.144. The predicted octanol–water partition coefficient (Wildman–Crippen LogP) is 4.04. The van der Waals surface area contributed by atoms with Gasteiger partial charge in [0.1, 0.15) is 5.75 Å². The molecule has 3 aliphatic rings. The van der Waals surface area contributed by atoms with Gasteiger partial charge in [-0.3, -0.25) is 9.80 Å². The number of hydrogen-bond donors (Lipinski definition) is 0. The van der Waals surface area contributed by atoms with Crippen LogP contribution in [0, 0.1) is 5.92 Å². The summed E-state index contributed by atoms with van der Waals surface area (Å²) < 4.78 is 11.3. The summed E-state index contributed by atoms with van der Waals surface area (Å²) >= 11 is 0. The van der Waals surface area contributed by atoms with Crippen molar-refractivity contribution in [3.05, 3.63) is 90.5 Å². The molecule has 2 saturated heterocycles. The molecule has 32 heavy (non-hydrogen) atoms. The highest BCUT2D eigenvalue weighted by Gasteiger charge is 2.61. The molecule has 6 heteroatoms. The molecule has 6 nitrogen and oxygen atoms in total. The van der Waals surface area contributed by atoms with Gasteiger partial charge in [-0.05, 0) is 42.0 Å². The third kappa shape index (κ3) is 2.83. The Morgan fingerprint density at radius 3 is 2.28 bits per heavy atom. The average Bonchev–Trinajstić information content (AvgIpc) is 3.24. The molecule has 2 fully saturated rings. The van der Waals surface area contributed by atoms with Gasteiger partial charge < -0.3 is 14.4 Å². The van der Waals surface area contributed by atoms with Crippen LogP contribution in [0.1, 0.15) is 11.6 Å². The highest BCUT2D eigenvalue weighted by atomic mass is 16.5. The first-order valence-electron chi connectivity index (χ1n) is 10.8. The number of ether oxygens (including phenoxy) is 2. The van der Waals surface area contributed by atoms with Crippen molar-refractivity contribution in [3.63, 3.8) is 0 Å². The molecule has 0 saturated carbocycles. The number of benzene rings is 3. The number of carbonyl (C=O) groups is 1. The normalized spacial score (nSPS) is 26.2. The first-order chi connectivity index (χ1) is 15.8. The molecule has 0 aliphatic carbocycles. The number of methoxy groups -OCH3 is 1. The largest absolute Gasteiger partial charge is 0.497 e. The highest BCUT2D eigenvalue weighted by Crippen LogP contribution is 2.49. The number of amides is 1. The molecule has 4 atom stereocenters. The van der Waals surface area contributed by atoms with Gasteiger partial charge in [-0.1, -0.05) is 48.5 Å². The van der Waals surface area contributed by atoms with Crippen molar-refractivity contribution in [2.24, 2.45) is 11.0 Å². The Balaban J connectivity index is 1.43. The fourth-order valence-corrected chi connectivity index (χ4v) is 5.13. The molecule has 0 bridgehead atoms. The molecule has 0 aromatic heterocycles. The number of fused-ring (bicyclic) bond motifs is 3. The molecule has 3 aliphatic heterocycles. The third-order valence-electron chi connectivity index (χ3n) is 6.60. The second kappa shape index (κ2) is 7.50. The van der Waals surface area contributed by atoms with Crippen LogP contribution in [0.15, 0.2) is 90.0 Å². The molecule has 0 radical (unpaired) electrons. The van der Waals surface area contributed by atoms with E-state index in [4.69, 9.17) is 14.6 Å². The number of hydrazone groups is 1. The summed E-state index contributed by atoms with van der Waals surface area (Å²) in [6.07, 6.45) is -0.442. The van der Waals surface area contributed by atoms with Crippen LogP contribution in [0.4, 0.5) is 11.4 Å². The molecule has 0 N–H and O–H groups in total. The molecular formula is C26H23N3O3. The summed E-state index contributed by atoms with van der Waals surface area (Å²) in [4.78, 5) is 14.9. The van der Waals surface area contributed by atoms with Crippen molar-refractivity contribution in [2.45, 2.75) is 18.2 Å². The maximum absolute atomic E-state index is 13.1. The van der Waals surface area contributed by atoms with Gasteiger partial charge in [0.2, 0.25) is 0 Å². The van der Waals surface area contributed by atoms with Gasteiger partial charge >= 0.3 is 0 Å². The average molecular weight is 425 g/mol. The topological polar surface area (TPSA) is 54.4 Å². The molecule has 3 aromatic rings. The summed E-state index contributed by atoms with van der Waals surface area (Å²) in [5, 5.41) is 7.10. The summed E-state index contributed by atoms with van der Waals surface area (Å²) in [6.45, 7) is 0.376. The molecular weight excluding hydrogens is 402 g/mol. The van der Waals surface area contributed by atoms with E-state index in [0.717, 1.165) is 22.8 Å². The molecule has 3 heterocycles. The van der Waals surface area contributed by atoms with Gasteiger partial charge in [-0.15, -0.1) is 0 Å². The zero-order valence-corrected chi connectivity index (χ0v) is 17.7. The Kier molecular flexibility index (Phi) is 4.47. The van der Waals surface area contributed by atoms with Gasteiger partial charge in [0.05, 0.1) is 43.1 Å². The smallest absolute Gasteiger partial charge is 0.258 e. The SMILES string of the molecule is COc1ccc(N2C(=O)[C@@H]3OCC4=NN(c5ccccc5)[C@H](c5ccccc5)[C@H]4[C@@H]32)cc1. The van der Waals surface area contributed by atoms with E-state index in [2.05, 4.69) is 41.4 Å². The summed E-state index contributed by atoms with van der Waals surface area (Å²) in [6, 6.07) is 28.1. The Hall–Kier alpha value is -3.64. The molecule has 160 valence electrons. The van der Waals surface area contributed by atoms with Crippen LogP contribution in [-0.2, 0) is 9.53 Å². The van der Waals surface area contributed by atoms with Crippen LogP contribution in [0.5, 0.6) is 5.75 Å². The van der Waals surface area contributed by atoms with Crippen molar-refractivity contribution in [2.75, 3.05) is 23.6 Å². The first-order valence-corrected chi connectivity index (χ1v) is 10.8. The van der Waals surface area contributed by atoms with Crippen LogP contribution in [0.3, 0.4) is 0 Å². The minimum Gasteiger partial charge on any atom is -0.497 e. The van der Waals surface area contributed by atoms with Crippen LogP contribution in [-0.4, -0.2) is 37.5 Å². The first kappa shape index (κ1) is 19.1. The maximum Gasteiger partial charge on any atom is 0.258 e. The van der Waals surface area contributed by atoms with Crippen LogP contribution < -0.4 is 14.6 Å².